The standard InChI is InChI=1S/C17H22Cl2O/c1-17(2)7-4-3-5-14(17)15(19)13-10-12(18)9-11-6-8-20-16(11)13/h9-10,14-15H,3-8H2,1-2H3. The predicted molar refractivity (Wildman–Crippen MR) is 85.0 cm³/mol. The molecule has 1 aliphatic carbocycles. The molecule has 1 fully saturated rings. The number of ether oxygens (including phenoxy) is 1. The van der Waals surface area contributed by atoms with Gasteiger partial charge in [-0.15, -0.1) is 11.6 Å². The van der Waals surface area contributed by atoms with Crippen molar-refractivity contribution in [1.29, 1.82) is 0 Å². The van der Waals surface area contributed by atoms with Crippen molar-refractivity contribution >= 4 is 23.2 Å². The number of halogens is 2. The Labute approximate surface area is 131 Å². The van der Waals surface area contributed by atoms with Gasteiger partial charge in [0.1, 0.15) is 5.75 Å². The van der Waals surface area contributed by atoms with Crippen LogP contribution in [-0.2, 0) is 6.42 Å². The maximum absolute atomic E-state index is 6.89. The number of alkyl halides is 1. The molecule has 0 radical (unpaired) electrons. The van der Waals surface area contributed by atoms with Crippen LogP contribution in [0.2, 0.25) is 5.02 Å². The Morgan fingerprint density at radius 1 is 1.30 bits per heavy atom. The fraction of sp³-hybridized carbons (Fsp3) is 0.647. The van der Waals surface area contributed by atoms with E-state index in [1.54, 1.807) is 0 Å². The monoisotopic (exact) mass is 312 g/mol. The summed E-state index contributed by atoms with van der Waals surface area (Å²) < 4.78 is 5.82. The van der Waals surface area contributed by atoms with E-state index in [1.807, 2.05) is 12.1 Å². The van der Waals surface area contributed by atoms with Gasteiger partial charge in [-0.3, -0.25) is 0 Å². The van der Waals surface area contributed by atoms with E-state index in [4.69, 9.17) is 27.9 Å². The minimum absolute atomic E-state index is 0.00384. The number of fused-ring (bicyclic) bond motifs is 1. The lowest BCUT2D eigenvalue weighted by molar-refractivity contribution is 0.132. The first-order valence-electron chi connectivity index (χ1n) is 7.58. The average molecular weight is 313 g/mol. The van der Waals surface area contributed by atoms with E-state index in [9.17, 15) is 0 Å². The maximum Gasteiger partial charge on any atom is 0.127 e. The minimum atomic E-state index is -0.00384. The van der Waals surface area contributed by atoms with Crippen molar-refractivity contribution in [3.05, 3.63) is 28.3 Å². The third kappa shape index (κ3) is 2.55. The molecule has 110 valence electrons. The first kappa shape index (κ1) is 14.5. The molecule has 0 aromatic heterocycles. The molecule has 2 unspecified atom stereocenters. The maximum atomic E-state index is 6.89. The van der Waals surface area contributed by atoms with E-state index in [-0.39, 0.29) is 5.38 Å². The van der Waals surface area contributed by atoms with Crippen LogP contribution in [0.4, 0.5) is 0 Å². The van der Waals surface area contributed by atoms with Crippen LogP contribution in [0.15, 0.2) is 12.1 Å². The van der Waals surface area contributed by atoms with E-state index in [0.29, 0.717) is 11.3 Å². The summed E-state index contributed by atoms with van der Waals surface area (Å²) in [4.78, 5) is 0. The van der Waals surface area contributed by atoms with Crippen LogP contribution in [0.1, 0.15) is 56.0 Å². The third-order valence-electron chi connectivity index (χ3n) is 5.02. The molecule has 1 nitrogen and oxygen atoms in total. The summed E-state index contributed by atoms with van der Waals surface area (Å²) in [6, 6.07) is 4.02. The molecule has 1 saturated carbocycles. The van der Waals surface area contributed by atoms with E-state index >= 15 is 0 Å². The summed E-state index contributed by atoms with van der Waals surface area (Å²) in [6.07, 6.45) is 5.99. The number of rotatable bonds is 2. The summed E-state index contributed by atoms with van der Waals surface area (Å²) in [6.45, 7) is 5.44. The number of benzene rings is 1. The quantitative estimate of drug-likeness (QED) is 0.630. The van der Waals surface area contributed by atoms with Gasteiger partial charge in [0.25, 0.3) is 0 Å². The van der Waals surface area contributed by atoms with Gasteiger partial charge in [0, 0.05) is 17.0 Å². The third-order valence-corrected chi connectivity index (χ3v) is 5.78. The van der Waals surface area contributed by atoms with Gasteiger partial charge in [-0.1, -0.05) is 38.3 Å². The molecule has 3 rings (SSSR count). The molecule has 1 aliphatic heterocycles. The first-order valence-corrected chi connectivity index (χ1v) is 8.40. The van der Waals surface area contributed by atoms with Crippen LogP contribution in [0.25, 0.3) is 0 Å². The average Bonchev–Trinajstić information content (AvgIpc) is 2.84. The summed E-state index contributed by atoms with van der Waals surface area (Å²) in [7, 11) is 0. The van der Waals surface area contributed by atoms with Crippen LogP contribution in [0.3, 0.4) is 0 Å². The molecule has 0 saturated heterocycles. The van der Waals surface area contributed by atoms with Gasteiger partial charge in [-0.25, -0.2) is 0 Å². The predicted octanol–water partition coefficient (Wildman–Crippen LogP) is 5.77. The molecule has 1 heterocycles. The molecule has 0 amide bonds. The van der Waals surface area contributed by atoms with Gasteiger partial charge in [-0.2, -0.15) is 0 Å². The van der Waals surface area contributed by atoms with Crippen LogP contribution in [-0.4, -0.2) is 6.61 Å². The largest absolute Gasteiger partial charge is 0.493 e. The molecule has 20 heavy (non-hydrogen) atoms. The zero-order valence-electron chi connectivity index (χ0n) is 12.2. The van der Waals surface area contributed by atoms with E-state index < -0.39 is 0 Å². The fourth-order valence-corrected chi connectivity index (χ4v) is 4.66. The van der Waals surface area contributed by atoms with Crippen LogP contribution in [0.5, 0.6) is 5.75 Å². The smallest absolute Gasteiger partial charge is 0.127 e. The van der Waals surface area contributed by atoms with Crippen molar-refractivity contribution in [1.82, 2.24) is 0 Å². The Morgan fingerprint density at radius 2 is 2.10 bits per heavy atom. The lowest BCUT2D eigenvalue weighted by Crippen LogP contribution is -2.31. The van der Waals surface area contributed by atoms with Gasteiger partial charge in [0.05, 0.1) is 12.0 Å². The molecule has 2 atom stereocenters. The van der Waals surface area contributed by atoms with Crippen molar-refractivity contribution in [2.45, 2.75) is 51.3 Å². The molecule has 1 aromatic carbocycles. The van der Waals surface area contributed by atoms with Crippen molar-refractivity contribution in [2.24, 2.45) is 11.3 Å². The van der Waals surface area contributed by atoms with Gasteiger partial charge in [0.15, 0.2) is 0 Å². The highest BCUT2D eigenvalue weighted by molar-refractivity contribution is 6.31. The summed E-state index contributed by atoms with van der Waals surface area (Å²) >= 11 is 13.2. The number of hydrogen-bond donors (Lipinski definition) is 0. The van der Waals surface area contributed by atoms with E-state index in [1.165, 1.54) is 31.2 Å². The van der Waals surface area contributed by atoms with Crippen LogP contribution in [0, 0.1) is 11.3 Å². The van der Waals surface area contributed by atoms with Crippen molar-refractivity contribution in [3.8, 4) is 5.75 Å². The second-order valence-electron chi connectivity index (χ2n) is 6.82. The lowest BCUT2D eigenvalue weighted by Gasteiger charge is -2.41. The Morgan fingerprint density at radius 3 is 2.85 bits per heavy atom. The Kier molecular flexibility index (Phi) is 3.94. The molecule has 3 heteroatoms. The molecule has 1 aromatic rings. The highest BCUT2D eigenvalue weighted by atomic mass is 35.5. The van der Waals surface area contributed by atoms with E-state index in [2.05, 4.69) is 13.8 Å². The first-order chi connectivity index (χ1) is 9.49. The Hall–Kier alpha value is -0.400. The highest BCUT2D eigenvalue weighted by Gasteiger charge is 2.39. The van der Waals surface area contributed by atoms with Gasteiger partial charge in [-0.05, 0) is 41.9 Å². The van der Waals surface area contributed by atoms with Crippen LogP contribution < -0.4 is 4.74 Å². The van der Waals surface area contributed by atoms with Gasteiger partial charge in [0.2, 0.25) is 0 Å². The van der Waals surface area contributed by atoms with Crippen molar-refractivity contribution in [2.75, 3.05) is 6.61 Å². The molecule has 2 aliphatic rings. The number of hydrogen-bond acceptors (Lipinski definition) is 1. The normalized spacial score (nSPS) is 25.9. The molecular formula is C17H22Cl2O. The molecule has 0 bridgehead atoms. The Balaban J connectivity index is 1.96. The fourth-order valence-electron chi connectivity index (χ4n) is 3.78. The zero-order chi connectivity index (χ0) is 14.3. The van der Waals surface area contributed by atoms with Gasteiger partial charge >= 0.3 is 0 Å². The van der Waals surface area contributed by atoms with Crippen molar-refractivity contribution in [3.63, 3.8) is 0 Å². The Bertz CT molecular complexity index is 510. The lowest BCUT2D eigenvalue weighted by atomic mass is 9.66. The summed E-state index contributed by atoms with van der Waals surface area (Å²) in [5.74, 6) is 1.49. The van der Waals surface area contributed by atoms with Gasteiger partial charge < -0.3 is 4.74 Å². The second kappa shape index (κ2) is 5.42. The topological polar surface area (TPSA) is 9.23 Å². The molecular weight excluding hydrogens is 291 g/mol. The minimum Gasteiger partial charge on any atom is -0.493 e. The van der Waals surface area contributed by atoms with Crippen molar-refractivity contribution < 1.29 is 4.74 Å². The zero-order valence-corrected chi connectivity index (χ0v) is 13.7. The SMILES string of the molecule is CC1(C)CCCCC1C(Cl)c1cc(Cl)cc2c1OCC2. The van der Waals surface area contributed by atoms with Crippen LogP contribution >= 0.6 is 23.2 Å². The summed E-state index contributed by atoms with van der Waals surface area (Å²) in [5, 5.41) is 0.777. The molecule has 0 N–H and O–H groups in total. The van der Waals surface area contributed by atoms with E-state index in [0.717, 1.165) is 29.4 Å². The molecule has 0 spiro atoms. The second-order valence-corrected chi connectivity index (χ2v) is 7.73. The summed E-state index contributed by atoms with van der Waals surface area (Å²) in [5.41, 5.74) is 2.61. The highest BCUT2D eigenvalue weighted by Crippen LogP contribution is 2.52.